The lowest BCUT2D eigenvalue weighted by Crippen LogP contribution is -2.49. The van der Waals surface area contributed by atoms with Gasteiger partial charge in [-0.2, -0.15) is 0 Å². The second-order valence-electron chi connectivity index (χ2n) is 10.3. The van der Waals surface area contributed by atoms with Crippen LogP contribution in [-0.4, -0.2) is 63.4 Å². The van der Waals surface area contributed by atoms with Crippen LogP contribution in [0.3, 0.4) is 0 Å². The van der Waals surface area contributed by atoms with Crippen LogP contribution in [0.5, 0.6) is 5.75 Å². The number of nitrogens with one attached hydrogen (secondary N) is 1. The van der Waals surface area contributed by atoms with Crippen molar-refractivity contribution in [1.29, 1.82) is 0 Å². The summed E-state index contributed by atoms with van der Waals surface area (Å²) in [5.41, 5.74) is 3.18. The van der Waals surface area contributed by atoms with Crippen LogP contribution in [0.4, 0.5) is 5.69 Å². The molecule has 188 valence electrons. The predicted molar refractivity (Wildman–Crippen MR) is 141 cm³/mol. The Morgan fingerprint density at radius 3 is 2.50 bits per heavy atom. The lowest BCUT2D eigenvalue weighted by atomic mass is 10.00. The van der Waals surface area contributed by atoms with Gasteiger partial charge < -0.3 is 14.6 Å². The van der Waals surface area contributed by atoms with Crippen molar-refractivity contribution in [3.8, 4) is 5.75 Å². The van der Waals surface area contributed by atoms with Gasteiger partial charge in [-0.05, 0) is 67.3 Å². The van der Waals surface area contributed by atoms with Gasteiger partial charge in [-0.1, -0.05) is 30.3 Å². The minimum atomic E-state index is -0.382. The predicted octanol–water partition coefficient (Wildman–Crippen LogP) is 3.50. The number of methoxy groups -OCH3 is 1. The highest BCUT2D eigenvalue weighted by molar-refractivity contribution is 5.82. The van der Waals surface area contributed by atoms with E-state index >= 15 is 0 Å². The number of nitrogens with zero attached hydrogens (tertiary/aromatic N) is 6. The van der Waals surface area contributed by atoms with Crippen LogP contribution in [0, 0.1) is 6.92 Å². The summed E-state index contributed by atoms with van der Waals surface area (Å²) in [7, 11) is 1.70. The summed E-state index contributed by atoms with van der Waals surface area (Å²) < 4.78 is 7.43. The first-order chi connectivity index (χ1) is 17.3. The molecule has 4 aromatic rings. The minimum absolute atomic E-state index is 0.114. The zero-order chi connectivity index (χ0) is 25.4. The Morgan fingerprint density at radius 2 is 1.78 bits per heavy atom. The number of aryl methyl sites for hydroxylation is 1. The Labute approximate surface area is 210 Å². The van der Waals surface area contributed by atoms with Crippen LogP contribution in [0.15, 0.2) is 53.3 Å². The van der Waals surface area contributed by atoms with Gasteiger partial charge in [-0.15, -0.1) is 5.10 Å². The number of hydrogen-bond donors (Lipinski definition) is 1. The van der Waals surface area contributed by atoms with Gasteiger partial charge in [0.05, 0.1) is 23.9 Å². The molecule has 0 amide bonds. The molecule has 0 spiro atoms. The maximum atomic E-state index is 13.5. The highest BCUT2D eigenvalue weighted by atomic mass is 16.5. The molecule has 1 atom stereocenters. The molecule has 1 saturated heterocycles. The Balaban J connectivity index is 1.56. The van der Waals surface area contributed by atoms with Crippen molar-refractivity contribution < 1.29 is 4.74 Å². The Bertz CT molecular complexity index is 1430. The highest BCUT2D eigenvalue weighted by Crippen LogP contribution is 2.33. The molecule has 9 heteroatoms. The van der Waals surface area contributed by atoms with Gasteiger partial charge in [0.2, 0.25) is 0 Å². The molecule has 2 aromatic heterocycles. The summed E-state index contributed by atoms with van der Waals surface area (Å²) in [6, 6.07) is 15.8. The van der Waals surface area contributed by atoms with Gasteiger partial charge in [0.25, 0.3) is 5.56 Å². The molecule has 0 bridgehead atoms. The van der Waals surface area contributed by atoms with Gasteiger partial charge in [0.15, 0.2) is 5.82 Å². The fourth-order valence-electron chi connectivity index (χ4n) is 5.06. The zero-order valence-electron chi connectivity index (χ0n) is 21.5. The van der Waals surface area contributed by atoms with Crippen LogP contribution in [0.2, 0.25) is 0 Å². The van der Waals surface area contributed by atoms with E-state index in [-0.39, 0.29) is 17.1 Å². The number of benzene rings is 2. The number of ether oxygens (including phenoxy) is 1. The largest absolute Gasteiger partial charge is 0.495 e. The van der Waals surface area contributed by atoms with E-state index in [2.05, 4.69) is 57.1 Å². The Morgan fingerprint density at radius 1 is 1.03 bits per heavy atom. The van der Waals surface area contributed by atoms with Crippen molar-refractivity contribution >= 4 is 16.6 Å². The summed E-state index contributed by atoms with van der Waals surface area (Å²) >= 11 is 0. The zero-order valence-corrected chi connectivity index (χ0v) is 21.5. The van der Waals surface area contributed by atoms with E-state index in [1.165, 1.54) is 0 Å². The number of aromatic amines is 1. The lowest BCUT2D eigenvalue weighted by Gasteiger charge is -2.40. The summed E-state index contributed by atoms with van der Waals surface area (Å²) in [4.78, 5) is 21.3. The van der Waals surface area contributed by atoms with Crippen LogP contribution in [-0.2, 0) is 5.54 Å². The average Bonchev–Trinajstić information content (AvgIpc) is 3.36. The second kappa shape index (κ2) is 9.39. The molecule has 1 fully saturated rings. The van der Waals surface area contributed by atoms with E-state index in [9.17, 15) is 4.79 Å². The molecular formula is C27H33N7O2. The van der Waals surface area contributed by atoms with E-state index in [0.717, 1.165) is 54.1 Å². The average molecular weight is 488 g/mol. The molecule has 0 aliphatic carbocycles. The molecular weight excluding hydrogens is 454 g/mol. The molecule has 1 unspecified atom stereocenters. The van der Waals surface area contributed by atoms with Crippen molar-refractivity contribution in [3.63, 3.8) is 0 Å². The summed E-state index contributed by atoms with van der Waals surface area (Å²) in [6.45, 7) is 11.3. The van der Waals surface area contributed by atoms with Crippen molar-refractivity contribution in [1.82, 2.24) is 30.1 Å². The maximum absolute atomic E-state index is 13.5. The molecule has 36 heavy (non-hydrogen) atoms. The van der Waals surface area contributed by atoms with Gasteiger partial charge in [0.1, 0.15) is 11.8 Å². The van der Waals surface area contributed by atoms with E-state index in [1.54, 1.807) is 7.11 Å². The number of hydrogen-bond acceptors (Lipinski definition) is 7. The Kier molecular flexibility index (Phi) is 6.26. The fraction of sp³-hybridized carbons (Fsp3) is 0.407. The van der Waals surface area contributed by atoms with E-state index in [1.807, 2.05) is 54.1 Å². The van der Waals surface area contributed by atoms with Crippen molar-refractivity contribution in [3.05, 3.63) is 75.8 Å². The number of para-hydroxylation sites is 3. The van der Waals surface area contributed by atoms with E-state index in [0.29, 0.717) is 11.4 Å². The maximum Gasteiger partial charge on any atom is 0.253 e. The third-order valence-electron chi connectivity index (χ3n) is 6.89. The normalized spacial score (nSPS) is 15.9. The van der Waals surface area contributed by atoms with Crippen molar-refractivity contribution in [2.45, 2.75) is 39.3 Å². The number of rotatable bonds is 5. The van der Waals surface area contributed by atoms with Gasteiger partial charge in [-0.3, -0.25) is 9.69 Å². The van der Waals surface area contributed by atoms with Gasteiger partial charge >= 0.3 is 0 Å². The van der Waals surface area contributed by atoms with Gasteiger partial charge in [-0.25, -0.2) is 4.68 Å². The third-order valence-corrected chi connectivity index (χ3v) is 6.89. The van der Waals surface area contributed by atoms with Crippen molar-refractivity contribution in [2.75, 3.05) is 38.2 Å². The number of anilines is 1. The van der Waals surface area contributed by atoms with E-state index < -0.39 is 0 Å². The molecule has 1 N–H and O–H groups in total. The minimum Gasteiger partial charge on any atom is -0.495 e. The molecule has 9 nitrogen and oxygen atoms in total. The van der Waals surface area contributed by atoms with Gasteiger partial charge in [0, 0.05) is 31.7 Å². The molecule has 0 radical (unpaired) electrons. The quantitative estimate of drug-likeness (QED) is 0.461. The first kappa shape index (κ1) is 24.0. The molecule has 1 aliphatic heterocycles. The molecule has 1 aliphatic rings. The monoisotopic (exact) mass is 487 g/mol. The molecule has 0 saturated carbocycles. The number of H-pyrrole nitrogens is 1. The summed E-state index contributed by atoms with van der Waals surface area (Å²) in [5, 5.41) is 13.8. The smallest absolute Gasteiger partial charge is 0.253 e. The third kappa shape index (κ3) is 4.35. The first-order valence-corrected chi connectivity index (χ1v) is 12.3. The lowest BCUT2D eigenvalue weighted by molar-refractivity contribution is 0.190. The molecule has 2 aromatic carbocycles. The molecule has 3 heterocycles. The van der Waals surface area contributed by atoms with Crippen LogP contribution in [0.1, 0.15) is 43.8 Å². The fourth-order valence-corrected chi connectivity index (χ4v) is 5.06. The molecule has 5 rings (SSSR count). The van der Waals surface area contributed by atoms with Crippen molar-refractivity contribution in [2.24, 2.45) is 0 Å². The number of piperazine rings is 1. The number of fused-ring (bicyclic) bond motifs is 1. The van der Waals surface area contributed by atoms with Crippen LogP contribution >= 0.6 is 0 Å². The SMILES string of the molecule is COc1ccccc1N1CCN(C(c2cc3cccc(C)c3[nH]c2=O)c2nnnn2C(C)(C)C)CC1. The first-order valence-electron chi connectivity index (χ1n) is 12.3. The van der Waals surface area contributed by atoms with Crippen LogP contribution in [0.25, 0.3) is 10.9 Å². The Hall–Kier alpha value is -3.72. The second-order valence-corrected chi connectivity index (χ2v) is 10.3. The van der Waals surface area contributed by atoms with E-state index in [4.69, 9.17) is 4.74 Å². The topological polar surface area (TPSA) is 92.2 Å². The number of aromatic nitrogens is 5. The van der Waals surface area contributed by atoms with Crippen LogP contribution < -0.4 is 15.2 Å². The number of pyridine rings is 1. The summed E-state index contributed by atoms with van der Waals surface area (Å²) in [5.74, 6) is 1.53. The standard InChI is InChI=1S/C27H33N7O2/c1-18-9-8-10-19-17-20(26(35)28-23(18)19)24(25-29-30-31-34(25)27(2,3)4)33-15-13-32(14-16-33)21-11-6-7-12-22(21)36-5/h6-12,17,24H,13-16H2,1-5H3,(H,28,35). The number of tetrazole rings is 1. The highest BCUT2D eigenvalue weighted by Gasteiger charge is 2.35. The summed E-state index contributed by atoms with van der Waals surface area (Å²) in [6.07, 6.45) is 0.